The van der Waals surface area contributed by atoms with Gasteiger partial charge in [0.15, 0.2) is 0 Å². The van der Waals surface area contributed by atoms with Gasteiger partial charge in [-0.25, -0.2) is 9.36 Å². The molecule has 2 aliphatic rings. The van der Waals surface area contributed by atoms with E-state index in [1.54, 1.807) is 6.92 Å². The Kier molecular flexibility index (Phi) is 4.81. The molecule has 2 aliphatic heterocycles. The minimum atomic E-state index is -3.66. The second kappa shape index (κ2) is 6.57. The summed E-state index contributed by atoms with van der Waals surface area (Å²) in [5.74, 6) is -0.281. The molecule has 1 N–H and O–H groups in total. The van der Waals surface area contributed by atoms with Crippen LogP contribution < -0.4 is 11.2 Å². The van der Waals surface area contributed by atoms with E-state index < -0.39 is 37.5 Å². The van der Waals surface area contributed by atoms with E-state index in [-0.39, 0.29) is 18.6 Å². The molecule has 6 atom stereocenters. The zero-order valence-corrected chi connectivity index (χ0v) is 14.6. The van der Waals surface area contributed by atoms with Crippen molar-refractivity contribution in [2.45, 2.75) is 51.7 Å². The molecule has 0 aliphatic carbocycles. The zero-order chi connectivity index (χ0) is 17.5. The predicted molar refractivity (Wildman–Crippen MR) is 83.7 cm³/mol. The molecule has 0 amide bonds. The maximum atomic E-state index is 12.6. The van der Waals surface area contributed by atoms with Gasteiger partial charge in [-0.05, 0) is 13.3 Å². The normalized spacial score (nSPS) is 37.1. The summed E-state index contributed by atoms with van der Waals surface area (Å²) in [4.78, 5) is 25.4. The fraction of sp³-hybridized carbons (Fsp3) is 0.714. The smallest absolute Gasteiger partial charge is 0.349 e. The molecular formula is C14H21N2O7P. The highest BCUT2D eigenvalue weighted by atomic mass is 31.2. The molecule has 10 heteroatoms. The van der Waals surface area contributed by atoms with Crippen LogP contribution in [0.25, 0.3) is 0 Å². The van der Waals surface area contributed by atoms with Gasteiger partial charge in [0.1, 0.15) is 18.4 Å². The lowest BCUT2D eigenvalue weighted by atomic mass is 10.0. The summed E-state index contributed by atoms with van der Waals surface area (Å²) in [7, 11) is -3.66. The highest BCUT2D eigenvalue weighted by molar-refractivity contribution is 7.48. The first-order valence-corrected chi connectivity index (χ1v) is 9.37. The van der Waals surface area contributed by atoms with Crippen molar-refractivity contribution in [2.24, 2.45) is 5.92 Å². The van der Waals surface area contributed by atoms with Crippen molar-refractivity contribution < 1.29 is 22.9 Å². The van der Waals surface area contributed by atoms with E-state index in [0.29, 0.717) is 6.42 Å². The van der Waals surface area contributed by atoms with E-state index in [4.69, 9.17) is 18.3 Å². The number of rotatable bonds is 4. The average molecular weight is 360 g/mol. The highest BCUT2D eigenvalue weighted by Crippen LogP contribution is 2.58. The molecule has 0 aromatic carbocycles. The second-order valence-corrected chi connectivity index (χ2v) is 7.65. The van der Waals surface area contributed by atoms with Crippen LogP contribution in [0.4, 0.5) is 0 Å². The Labute approximate surface area is 138 Å². The van der Waals surface area contributed by atoms with Crippen molar-refractivity contribution in [1.29, 1.82) is 0 Å². The van der Waals surface area contributed by atoms with Crippen molar-refractivity contribution in [3.05, 3.63) is 33.1 Å². The molecule has 2 saturated heterocycles. The van der Waals surface area contributed by atoms with Gasteiger partial charge in [-0.3, -0.25) is 27.9 Å². The highest BCUT2D eigenvalue weighted by Gasteiger charge is 2.52. The maximum absolute atomic E-state index is 12.6. The molecular weight excluding hydrogens is 339 g/mol. The Hall–Kier alpha value is -1.25. The van der Waals surface area contributed by atoms with Crippen molar-refractivity contribution in [3.63, 3.8) is 0 Å². The number of fused-ring (bicyclic) bond motifs is 1. The standard InChI is InChI=1S/C14H21N2O7P/c1-4-8(2)22-24(19)20-7-10-12(23-24)9(3)13(21-10)16-6-5-11(17)15-14(16)18/h5-6,8-10,12-13H,4,7H2,1-3H3,(H,15,17,18)/t8-,9+,10-,12+,13-,24-/m1/s1. The molecule has 134 valence electrons. The second-order valence-electron chi connectivity index (χ2n) is 6.08. The fourth-order valence-electron chi connectivity index (χ4n) is 2.82. The van der Waals surface area contributed by atoms with E-state index in [9.17, 15) is 14.2 Å². The van der Waals surface area contributed by atoms with E-state index in [1.165, 1.54) is 16.8 Å². The summed E-state index contributed by atoms with van der Waals surface area (Å²) < 4.78 is 36.0. The number of aromatic nitrogens is 2. The minimum Gasteiger partial charge on any atom is -0.349 e. The van der Waals surface area contributed by atoms with Crippen molar-refractivity contribution in [1.82, 2.24) is 9.55 Å². The number of phosphoric acid groups is 1. The molecule has 0 bridgehead atoms. The Bertz CT molecular complexity index is 760. The van der Waals surface area contributed by atoms with Gasteiger partial charge in [0.05, 0.1) is 12.7 Å². The van der Waals surface area contributed by atoms with E-state index in [0.717, 1.165) is 0 Å². The van der Waals surface area contributed by atoms with Gasteiger partial charge in [0, 0.05) is 18.2 Å². The number of phosphoric ester groups is 1. The predicted octanol–water partition coefficient (Wildman–Crippen LogP) is 1.41. The third kappa shape index (κ3) is 3.27. The number of hydrogen-bond donors (Lipinski definition) is 1. The molecule has 3 rings (SSSR count). The van der Waals surface area contributed by atoms with Crippen LogP contribution in [0.3, 0.4) is 0 Å². The van der Waals surface area contributed by atoms with Gasteiger partial charge >= 0.3 is 13.5 Å². The zero-order valence-electron chi connectivity index (χ0n) is 13.7. The van der Waals surface area contributed by atoms with Crippen LogP contribution in [0.1, 0.15) is 33.4 Å². The summed E-state index contributed by atoms with van der Waals surface area (Å²) in [5, 5.41) is 0. The van der Waals surface area contributed by atoms with Crippen molar-refractivity contribution in [3.8, 4) is 0 Å². The van der Waals surface area contributed by atoms with E-state index in [2.05, 4.69) is 4.98 Å². The van der Waals surface area contributed by atoms with Crippen LogP contribution in [-0.4, -0.2) is 34.5 Å². The monoisotopic (exact) mass is 360 g/mol. The fourth-order valence-corrected chi connectivity index (χ4v) is 4.54. The molecule has 0 spiro atoms. The first-order chi connectivity index (χ1) is 11.3. The molecule has 0 unspecified atom stereocenters. The van der Waals surface area contributed by atoms with Crippen molar-refractivity contribution in [2.75, 3.05) is 6.61 Å². The molecule has 2 fully saturated rings. The van der Waals surface area contributed by atoms with Crippen LogP contribution in [0, 0.1) is 5.92 Å². The number of H-pyrrole nitrogens is 1. The first kappa shape index (κ1) is 17.6. The Balaban J connectivity index is 1.80. The van der Waals surface area contributed by atoms with Gasteiger partial charge in [0.25, 0.3) is 5.56 Å². The average Bonchev–Trinajstić information content (AvgIpc) is 2.83. The van der Waals surface area contributed by atoms with Crippen LogP contribution >= 0.6 is 7.82 Å². The van der Waals surface area contributed by atoms with Gasteiger partial charge in [0.2, 0.25) is 0 Å². The van der Waals surface area contributed by atoms with Gasteiger partial charge in [-0.1, -0.05) is 13.8 Å². The van der Waals surface area contributed by atoms with Crippen LogP contribution in [-0.2, 0) is 22.9 Å². The summed E-state index contributed by atoms with van der Waals surface area (Å²) in [5.41, 5.74) is -1.05. The maximum Gasteiger partial charge on any atom is 0.475 e. The molecule has 9 nitrogen and oxygen atoms in total. The summed E-state index contributed by atoms with van der Waals surface area (Å²) in [6, 6.07) is 1.24. The largest absolute Gasteiger partial charge is 0.475 e. The van der Waals surface area contributed by atoms with Crippen LogP contribution in [0.5, 0.6) is 0 Å². The van der Waals surface area contributed by atoms with E-state index in [1.807, 2.05) is 13.8 Å². The first-order valence-electron chi connectivity index (χ1n) is 7.91. The number of hydrogen-bond acceptors (Lipinski definition) is 7. The molecule has 1 aromatic heterocycles. The topological polar surface area (TPSA) is 109 Å². The SMILES string of the molecule is CC[C@@H](C)O[P@@]1(=O)OC[C@H]2O[C@@H](n3ccc(=O)[nH]c3=O)[C@@H](C)[C@@H]2O1. The summed E-state index contributed by atoms with van der Waals surface area (Å²) in [6.45, 7) is 5.57. The third-order valence-electron chi connectivity index (χ3n) is 4.31. The quantitative estimate of drug-likeness (QED) is 0.809. The van der Waals surface area contributed by atoms with E-state index >= 15 is 0 Å². The number of ether oxygens (including phenoxy) is 1. The lowest BCUT2D eigenvalue weighted by molar-refractivity contribution is -0.0756. The third-order valence-corrected chi connectivity index (χ3v) is 5.89. The molecule has 3 heterocycles. The molecule has 1 aromatic rings. The van der Waals surface area contributed by atoms with Gasteiger partial charge in [-0.2, -0.15) is 0 Å². The molecule has 24 heavy (non-hydrogen) atoms. The Morgan fingerprint density at radius 2 is 2.25 bits per heavy atom. The van der Waals surface area contributed by atoms with Crippen molar-refractivity contribution >= 4 is 7.82 Å². The number of aromatic amines is 1. The summed E-state index contributed by atoms with van der Waals surface area (Å²) >= 11 is 0. The lowest BCUT2D eigenvalue weighted by Crippen LogP contribution is -2.37. The minimum absolute atomic E-state index is 0.0529. The number of nitrogens with zero attached hydrogens (tertiary/aromatic N) is 1. The molecule has 0 saturated carbocycles. The lowest BCUT2D eigenvalue weighted by Gasteiger charge is -2.32. The number of nitrogens with one attached hydrogen (secondary N) is 1. The Morgan fingerprint density at radius 1 is 1.50 bits per heavy atom. The Morgan fingerprint density at radius 3 is 2.92 bits per heavy atom. The molecule has 0 radical (unpaired) electrons. The summed E-state index contributed by atoms with van der Waals surface area (Å²) in [6.07, 6.45) is 0.136. The van der Waals surface area contributed by atoms with Crippen LogP contribution in [0.2, 0.25) is 0 Å². The van der Waals surface area contributed by atoms with Gasteiger partial charge in [-0.15, -0.1) is 0 Å². The van der Waals surface area contributed by atoms with Gasteiger partial charge < -0.3 is 4.74 Å². The van der Waals surface area contributed by atoms with Crippen LogP contribution in [0.15, 0.2) is 21.9 Å².